The average Bonchev–Trinajstić information content (AvgIpc) is 2.23. The Labute approximate surface area is 106 Å². The van der Waals surface area contributed by atoms with E-state index in [0.29, 0.717) is 0 Å². The van der Waals surface area contributed by atoms with Crippen molar-refractivity contribution in [3.8, 4) is 0 Å². The van der Waals surface area contributed by atoms with Gasteiger partial charge >= 0.3 is 6.18 Å². The minimum atomic E-state index is -4.49. The Hall–Kier alpha value is -1.47. The third-order valence-corrected chi connectivity index (χ3v) is 2.33. The van der Waals surface area contributed by atoms with Crippen LogP contribution in [0.3, 0.4) is 0 Å². The van der Waals surface area contributed by atoms with Crippen molar-refractivity contribution < 1.29 is 18.0 Å². The highest BCUT2D eigenvalue weighted by molar-refractivity contribution is 6.30. The monoisotopic (exact) mass is 281 g/mol. The van der Waals surface area contributed by atoms with Crippen LogP contribution < -0.4 is 16.8 Å². The van der Waals surface area contributed by atoms with Gasteiger partial charge in [-0.25, -0.2) is 0 Å². The summed E-state index contributed by atoms with van der Waals surface area (Å²) in [6.07, 6.45) is -4.49. The molecule has 1 unspecified atom stereocenters. The van der Waals surface area contributed by atoms with Crippen LogP contribution in [-0.4, -0.2) is 18.5 Å². The van der Waals surface area contributed by atoms with Crippen molar-refractivity contribution in [2.75, 3.05) is 11.9 Å². The molecule has 100 valence electrons. The SMILES string of the molecule is NC(=O)C(N)CNc1cc(Cl)cc(C(F)(F)F)c1. The second-order valence-corrected chi connectivity index (χ2v) is 4.05. The second-order valence-electron chi connectivity index (χ2n) is 3.62. The van der Waals surface area contributed by atoms with Crippen LogP contribution in [-0.2, 0) is 11.0 Å². The molecule has 0 radical (unpaired) electrons. The number of amides is 1. The number of benzene rings is 1. The highest BCUT2D eigenvalue weighted by atomic mass is 35.5. The van der Waals surface area contributed by atoms with Crippen molar-refractivity contribution in [1.29, 1.82) is 0 Å². The number of carbonyl (C=O) groups is 1. The quantitative estimate of drug-likeness (QED) is 0.784. The Bertz CT molecular complexity index is 450. The third-order valence-electron chi connectivity index (χ3n) is 2.12. The molecule has 1 amide bonds. The lowest BCUT2D eigenvalue weighted by molar-refractivity contribution is -0.137. The molecule has 0 aliphatic carbocycles. The van der Waals surface area contributed by atoms with E-state index in [1.54, 1.807) is 0 Å². The van der Waals surface area contributed by atoms with Crippen LogP contribution in [0, 0.1) is 0 Å². The van der Waals surface area contributed by atoms with Gasteiger partial charge in [0.1, 0.15) is 6.04 Å². The number of hydrogen-bond acceptors (Lipinski definition) is 3. The normalized spacial score (nSPS) is 13.2. The van der Waals surface area contributed by atoms with E-state index in [1.165, 1.54) is 6.07 Å². The summed E-state index contributed by atoms with van der Waals surface area (Å²) in [6, 6.07) is 1.99. The Morgan fingerprint density at radius 3 is 2.50 bits per heavy atom. The lowest BCUT2D eigenvalue weighted by atomic mass is 10.2. The predicted octanol–water partition coefficient (Wildman–Crippen LogP) is 1.58. The van der Waals surface area contributed by atoms with Crippen LogP contribution in [0.1, 0.15) is 5.56 Å². The van der Waals surface area contributed by atoms with E-state index in [0.717, 1.165) is 12.1 Å². The van der Waals surface area contributed by atoms with Gasteiger partial charge in [0.25, 0.3) is 0 Å². The number of alkyl halides is 3. The van der Waals surface area contributed by atoms with Gasteiger partial charge in [0.15, 0.2) is 0 Å². The highest BCUT2D eigenvalue weighted by Crippen LogP contribution is 2.33. The minimum absolute atomic E-state index is 0.0695. The van der Waals surface area contributed by atoms with Crippen LogP contribution >= 0.6 is 11.6 Å². The van der Waals surface area contributed by atoms with Gasteiger partial charge in [-0.2, -0.15) is 13.2 Å². The molecule has 0 saturated heterocycles. The van der Waals surface area contributed by atoms with Crippen molar-refractivity contribution in [3.05, 3.63) is 28.8 Å². The fourth-order valence-corrected chi connectivity index (χ4v) is 1.42. The predicted molar refractivity (Wildman–Crippen MR) is 62.1 cm³/mol. The molecule has 1 aromatic carbocycles. The first-order valence-electron chi connectivity index (χ1n) is 4.86. The first-order chi connectivity index (χ1) is 8.20. The fraction of sp³-hybridized carbons (Fsp3) is 0.300. The van der Waals surface area contributed by atoms with E-state index in [1.807, 2.05) is 0 Å². The molecule has 4 nitrogen and oxygen atoms in total. The molecular formula is C10H11ClF3N3O. The first-order valence-corrected chi connectivity index (χ1v) is 5.24. The molecule has 0 saturated carbocycles. The highest BCUT2D eigenvalue weighted by Gasteiger charge is 2.31. The Morgan fingerprint density at radius 1 is 1.39 bits per heavy atom. The number of anilines is 1. The first kappa shape index (κ1) is 14.6. The van der Waals surface area contributed by atoms with Crippen molar-refractivity contribution >= 4 is 23.2 Å². The summed E-state index contributed by atoms with van der Waals surface area (Å²) in [5.74, 6) is -0.749. The molecule has 1 rings (SSSR count). The van der Waals surface area contributed by atoms with Gasteiger partial charge < -0.3 is 16.8 Å². The number of carbonyl (C=O) groups excluding carboxylic acids is 1. The second kappa shape index (κ2) is 5.45. The van der Waals surface area contributed by atoms with Gasteiger partial charge in [-0.1, -0.05) is 11.6 Å². The number of primary amides is 1. The molecule has 0 aromatic heterocycles. The van der Waals surface area contributed by atoms with Gasteiger partial charge in [-0.3, -0.25) is 4.79 Å². The van der Waals surface area contributed by atoms with Crippen LogP contribution in [0.15, 0.2) is 18.2 Å². The molecule has 5 N–H and O–H groups in total. The van der Waals surface area contributed by atoms with Crippen LogP contribution in [0.25, 0.3) is 0 Å². The Morgan fingerprint density at radius 2 is 2.00 bits per heavy atom. The van der Waals surface area contributed by atoms with Gasteiger partial charge in [-0.05, 0) is 18.2 Å². The van der Waals surface area contributed by atoms with E-state index >= 15 is 0 Å². The van der Waals surface area contributed by atoms with E-state index < -0.39 is 23.7 Å². The molecular weight excluding hydrogens is 271 g/mol. The van der Waals surface area contributed by atoms with Crippen molar-refractivity contribution in [2.24, 2.45) is 11.5 Å². The lowest BCUT2D eigenvalue weighted by Gasteiger charge is -2.13. The molecule has 1 aromatic rings. The van der Waals surface area contributed by atoms with E-state index in [9.17, 15) is 18.0 Å². The van der Waals surface area contributed by atoms with Crippen molar-refractivity contribution in [1.82, 2.24) is 0 Å². The topological polar surface area (TPSA) is 81.1 Å². The number of rotatable bonds is 4. The molecule has 8 heteroatoms. The molecule has 0 heterocycles. The van der Waals surface area contributed by atoms with E-state index in [4.69, 9.17) is 23.1 Å². The maximum absolute atomic E-state index is 12.5. The number of nitrogens with one attached hydrogen (secondary N) is 1. The molecule has 0 bridgehead atoms. The largest absolute Gasteiger partial charge is 0.416 e. The molecule has 0 spiro atoms. The molecule has 18 heavy (non-hydrogen) atoms. The van der Waals surface area contributed by atoms with Crippen LogP contribution in [0.2, 0.25) is 5.02 Å². The van der Waals surface area contributed by atoms with Crippen molar-refractivity contribution in [2.45, 2.75) is 12.2 Å². The molecule has 0 fully saturated rings. The maximum atomic E-state index is 12.5. The van der Waals surface area contributed by atoms with Crippen LogP contribution in [0.5, 0.6) is 0 Å². The number of halogens is 4. The zero-order chi connectivity index (χ0) is 13.9. The standard InChI is InChI=1S/C10H11ClF3N3O/c11-6-1-5(10(12,13)14)2-7(3-6)17-4-8(15)9(16)18/h1-3,8,17H,4,15H2,(H2,16,18). The third kappa shape index (κ3) is 4.08. The van der Waals surface area contributed by atoms with Gasteiger partial charge in [-0.15, -0.1) is 0 Å². The summed E-state index contributed by atoms with van der Waals surface area (Å²) in [4.78, 5) is 10.7. The zero-order valence-corrected chi connectivity index (χ0v) is 9.85. The zero-order valence-electron chi connectivity index (χ0n) is 9.09. The van der Waals surface area contributed by atoms with E-state index in [2.05, 4.69) is 5.32 Å². The van der Waals surface area contributed by atoms with Gasteiger partial charge in [0, 0.05) is 17.3 Å². The molecule has 1 atom stereocenters. The maximum Gasteiger partial charge on any atom is 0.416 e. The Kier molecular flexibility index (Phi) is 4.42. The summed E-state index contributed by atoms with van der Waals surface area (Å²) in [5, 5.41) is 2.50. The fourth-order valence-electron chi connectivity index (χ4n) is 1.18. The number of nitrogens with two attached hydrogens (primary N) is 2. The smallest absolute Gasteiger partial charge is 0.383 e. The minimum Gasteiger partial charge on any atom is -0.383 e. The molecule has 0 aliphatic rings. The van der Waals surface area contributed by atoms with Crippen LogP contribution in [0.4, 0.5) is 18.9 Å². The van der Waals surface area contributed by atoms with E-state index in [-0.39, 0.29) is 17.3 Å². The van der Waals surface area contributed by atoms with Gasteiger partial charge in [0.2, 0.25) is 5.91 Å². The average molecular weight is 282 g/mol. The summed E-state index contributed by atoms with van der Waals surface area (Å²) >= 11 is 5.57. The Balaban J connectivity index is 2.84. The molecule has 0 aliphatic heterocycles. The van der Waals surface area contributed by atoms with Crippen molar-refractivity contribution in [3.63, 3.8) is 0 Å². The summed E-state index contributed by atoms with van der Waals surface area (Å²) in [5.41, 5.74) is 9.49. The summed E-state index contributed by atoms with van der Waals surface area (Å²) in [7, 11) is 0. The number of hydrogen-bond donors (Lipinski definition) is 3. The lowest BCUT2D eigenvalue weighted by Crippen LogP contribution is -2.41. The van der Waals surface area contributed by atoms with Gasteiger partial charge in [0.05, 0.1) is 5.56 Å². The summed E-state index contributed by atoms with van der Waals surface area (Å²) in [6.45, 7) is -0.0764. The summed E-state index contributed by atoms with van der Waals surface area (Å²) < 4.78 is 37.5.